The van der Waals surface area contributed by atoms with E-state index in [-0.39, 0.29) is 17.5 Å². The molecule has 1 aromatic rings. The summed E-state index contributed by atoms with van der Waals surface area (Å²) >= 11 is 0. The Morgan fingerprint density at radius 2 is 2.38 bits per heavy atom. The van der Waals surface area contributed by atoms with Gasteiger partial charge in [-0.2, -0.15) is 5.10 Å². The summed E-state index contributed by atoms with van der Waals surface area (Å²) in [4.78, 5) is 11.2. The van der Waals surface area contributed by atoms with Crippen molar-refractivity contribution >= 4 is 21.6 Å². The van der Waals surface area contributed by atoms with Crippen LogP contribution in [-0.2, 0) is 16.4 Å². The normalized spacial score (nSPS) is 27.0. The first-order valence-corrected chi connectivity index (χ1v) is 8.80. The van der Waals surface area contributed by atoms with Crippen LogP contribution in [0.1, 0.15) is 16.8 Å². The van der Waals surface area contributed by atoms with Gasteiger partial charge in [0, 0.05) is 31.6 Å². The van der Waals surface area contributed by atoms with Crippen molar-refractivity contribution in [1.29, 1.82) is 0 Å². The van der Waals surface area contributed by atoms with E-state index in [1.807, 2.05) is 0 Å². The highest BCUT2D eigenvalue weighted by Crippen LogP contribution is 2.21. The smallest absolute Gasteiger partial charge is 0.254 e. The molecule has 0 saturated carbocycles. The Morgan fingerprint density at radius 1 is 1.57 bits per heavy atom. The molecule has 21 heavy (non-hydrogen) atoms. The van der Waals surface area contributed by atoms with Gasteiger partial charge in [0.1, 0.15) is 11.4 Å². The summed E-state index contributed by atoms with van der Waals surface area (Å²) in [6, 6.07) is 0.0511. The molecule has 4 N–H and O–H groups in total. The lowest BCUT2D eigenvalue weighted by atomic mass is 10.1. The van der Waals surface area contributed by atoms with E-state index in [0.717, 1.165) is 6.54 Å². The van der Waals surface area contributed by atoms with Gasteiger partial charge in [-0.15, -0.1) is 0 Å². The summed E-state index contributed by atoms with van der Waals surface area (Å²) in [5.74, 6) is 0.977. The van der Waals surface area contributed by atoms with Gasteiger partial charge >= 0.3 is 0 Å². The highest BCUT2D eigenvalue weighted by molar-refractivity contribution is 7.91. The summed E-state index contributed by atoms with van der Waals surface area (Å²) in [6.07, 6.45) is 2.16. The third-order valence-electron chi connectivity index (χ3n) is 4.02. The maximum atomic E-state index is 11.4. The summed E-state index contributed by atoms with van der Waals surface area (Å²) in [5, 5.41) is 10.7. The van der Waals surface area contributed by atoms with Crippen LogP contribution < -0.4 is 16.4 Å². The van der Waals surface area contributed by atoms with E-state index >= 15 is 0 Å². The number of rotatable bonds is 4. The molecule has 3 heterocycles. The molecule has 2 aliphatic rings. The van der Waals surface area contributed by atoms with Crippen LogP contribution in [0.2, 0.25) is 0 Å². The van der Waals surface area contributed by atoms with Gasteiger partial charge in [-0.1, -0.05) is 0 Å². The predicted molar refractivity (Wildman–Crippen MR) is 77.8 cm³/mol. The second-order valence-corrected chi connectivity index (χ2v) is 7.94. The first kappa shape index (κ1) is 14.3. The quantitative estimate of drug-likeness (QED) is 0.642. The lowest BCUT2D eigenvalue weighted by Gasteiger charge is -2.26. The SMILES string of the molecule is NC(=O)c1cnn2c1NC[C@H](CN[C@H]1CCS(=O)(=O)C1)C2. The van der Waals surface area contributed by atoms with Crippen LogP contribution in [-0.4, -0.2) is 54.7 Å². The van der Waals surface area contributed by atoms with Crippen molar-refractivity contribution in [3.63, 3.8) is 0 Å². The number of primary amides is 1. The fraction of sp³-hybridized carbons (Fsp3) is 0.667. The highest BCUT2D eigenvalue weighted by atomic mass is 32.2. The number of nitrogens with zero attached hydrogens (tertiary/aromatic N) is 2. The molecule has 2 atom stereocenters. The number of sulfone groups is 1. The van der Waals surface area contributed by atoms with Crippen molar-refractivity contribution in [2.45, 2.75) is 19.0 Å². The molecule has 1 fully saturated rings. The molecule has 116 valence electrons. The Balaban J connectivity index is 1.56. The number of carbonyl (C=O) groups is 1. The Bertz CT molecular complexity index is 654. The summed E-state index contributed by atoms with van der Waals surface area (Å²) in [7, 11) is -2.85. The molecule has 0 aromatic carbocycles. The van der Waals surface area contributed by atoms with Crippen molar-refractivity contribution < 1.29 is 13.2 Å². The van der Waals surface area contributed by atoms with Crippen molar-refractivity contribution in [2.75, 3.05) is 29.9 Å². The van der Waals surface area contributed by atoms with Gasteiger partial charge in [-0.25, -0.2) is 13.1 Å². The molecule has 0 unspecified atom stereocenters. The molecule has 0 radical (unpaired) electrons. The molecular weight excluding hydrogens is 294 g/mol. The lowest BCUT2D eigenvalue weighted by Crippen LogP contribution is -2.40. The first-order chi connectivity index (χ1) is 9.94. The average molecular weight is 313 g/mol. The number of hydrogen-bond donors (Lipinski definition) is 3. The van der Waals surface area contributed by atoms with Crippen LogP contribution in [0.15, 0.2) is 6.20 Å². The van der Waals surface area contributed by atoms with Crippen LogP contribution in [0.5, 0.6) is 0 Å². The standard InChI is InChI=1S/C12H19N5O3S/c13-11(18)10-5-16-17-6-8(4-15-12(10)17)3-14-9-1-2-21(19,20)7-9/h5,8-9,14-15H,1-4,6-7H2,(H2,13,18)/t8-,9-/m0/s1. The largest absolute Gasteiger partial charge is 0.369 e. The Hall–Kier alpha value is -1.61. The zero-order valence-electron chi connectivity index (χ0n) is 11.6. The molecule has 1 aromatic heterocycles. The second kappa shape index (κ2) is 5.30. The van der Waals surface area contributed by atoms with Crippen LogP contribution in [0.3, 0.4) is 0 Å². The van der Waals surface area contributed by atoms with Gasteiger partial charge in [-0.05, 0) is 6.42 Å². The van der Waals surface area contributed by atoms with Crippen molar-refractivity contribution in [3.05, 3.63) is 11.8 Å². The van der Waals surface area contributed by atoms with Gasteiger partial charge < -0.3 is 16.4 Å². The van der Waals surface area contributed by atoms with E-state index < -0.39 is 15.7 Å². The van der Waals surface area contributed by atoms with Crippen LogP contribution in [0.25, 0.3) is 0 Å². The van der Waals surface area contributed by atoms with Crippen molar-refractivity contribution in [1.82, 2.24) is 15.1 Å². The molecule has 2 aliphatic heterocycles. The molecule has 1 amide bonds. The van der Waals surface area contributed by atoms with E-state index in [9.17, 15) is 13.2 Å². The van der Waals surface area contributed by atoms with E-state index in [2.05, 4.69) is 15.7 Å². The van der Waals surface area contributed by atoms with E-state index in [1.165, 1.54) is 6.20 Å². The zero-order chi connectivity index (χ0) is 15.0. The Labute approximate surface area is 123 Å². The fourth-order valence-electron chi connectivity index (χ4n) is 2.87. The topological polar surface area (TPSA) is 119 Å². The lowest BCUT2D eigenvalue weighted by molar-refractivity contribution is 0.100. The number of aromatic nitrogens is 2. The van der Waals surface area contributed by atoms with E-state index in [4.69, 9.17) is 5.73 Å². The maximum absolute atomic E-state index is 11.4. The minimum Gasteiger partial charge on any atom is -0.369 e. The highest BCUT2D eigenvalue weighted by Gasteiger charge is 2.29. The summed E-state index contributed by atoms with van der Waals surface area (Å²) in [5.41, 5.74) is 5.69. The van der Waals surface area contributed by atoms with Gasteiger partial charge in [-0.3, -0.25) is 4.79 Å². The molecule has 0 bridgehead atoms. The molecule has 8 nitrogen and oxygen atoms in total. The molecule has 1 saturated heterocycles. The van der Waals surface area contributed by atoms with Gasteiger partial charge in [0.15, 0.2) is 9.84 Å². The third-order valence-corrected chi connectivity index (χ3v) is 5.79. The minimum absolute atomic E-state index is 0.0511. The molecule has 0 aliphatic carbocycles. The maximum Gasteiger partial charge on any atom is 0.254 e. The number of carbonyl (C=O) groups excluding carboxylic acids is 1. The average Bonchev–Trinajstić information content (AvgIpc) is 2.99. The van der Waals surface area contributed by atoms with Gasteiger partial charge in [0.2, 0.25) is 0 Å². The number of nitrogens with two attached hydrogens (primary N) is 1. The van der Waals surface area contributed by atoms with Crippen molar-refractivity contribution in [3.8, 4) is 0 Å². The zero-order valence-corrected chi connectivity index (χ0v) is 12.4. The van der Waals surface area contributed by atoms with E-state index in [0.29, 0.717) is 36.8 Å². The molecule has 9 heteroatoms. The third kappa shape index (κ3) is 3.03. The molecule has 3 rings (SSSR count). The number of amides is 1. The Kier molecular flexibility index (Phi) is 3.62. The van der Waals surface area contributed by atoms with Gasteiger partial charge in [0.05, 0.1) is 17.7 Å². The predicted octanol–water partition coefficient (Wildman–Crippen LogP) is -1.20. The number of fused-ring (bicyclic) bond motifs is 1. The summed E-state index contributed by atoms with van der Waals surface area (Å²) < 4.78 is 24.6. The fourth-order valence-corrected chi connectivity index (χ4v) is 4.57. The molecule has 0 spiro atoms. The number of anilines is 1. The van der Waals surface area contributed by atoms with E-state index in [1.54, 1.807) is 4.68 Å². The van der Waals surface area contributed by atoms with Gasteiger partial charge in [0.25, 0.3) is 5.91 Å². The Morgan fingerprint density at radius 3 is 3.05 bits per heavy atom. The molecular formula is C12H19N5O3S. The number of nitrogens with one attached hydrogen (secondary N) is 2. The van der Waals surface area contributed by atoms with Crippen LogP contribution in [0, 0.1) is 5.92 Å². The monoisotopic (exact) mass is 313 g/mol. The van der Waals surface area contributed by atoms with Crippen molar-refractivity contribution in [2.24, 2.45) is 11.7 Å². The minimum atomic E-state index is -2.85. The first-order valence-electron chi connectivity index (χ1n) is 6.98. The number of hydrogen-bond acceptors (Lipinski definition) is 6. The summed E-state index contributed by atoms with van der Waals surface area (Å²) in [6.45, 7) is 2.11. The van der Waals surface area contributed by atoms with Crippen LogP contribution in [0.4, 0.5) is 5.82 Å². The second-order valence-electron chi connectivity index (χ2n) is 5.71. The van der Waals surface area contributed by atoms with Crippen LogP contribution >= 0.6 is 0 Å².